The van der Waals surface area contributed by atoms with Gasteiger partial charge in [-0.3, -0.25) is 4.90 Å². The number of thiophene rings is 1. The fourth-order valence-corrected chi connectivity index (χ4v) is 9.91. The standard InChI is InChI=1S/C42H49ClN4O2S/c1-3-49-41(48)37-35-28-36(29-16-8-4-9-17-29)46(2)38(30-18-10-5-11-19-30)39(35)50-40(37)45-42(44-32-26-24-31(43)25-27-32)47(33-20-12-6-13-21-33)34-22-14-7-15-23-34/h4-5,8-11,16-19,24-27,33-34,36,38H,3,6-7,12-15,20-23,28H2,1-2H3,(H,44,45). The van der Waals surface area contributed by atoms with Gasteiger partial charge in [0.2, 0.25) is 5.96 Å². The lowest BCUT2D eigenvalue weighted by atomic mass is 9.86. The van der Waals surface area contributed by atoms with E-state index in [9.17, 15) is 4.79 Å². The maximum absolute atomic E-state index is 14.2. The van der Waals surface area contributed by atoms with Crippen molar-refractivity contribution in [2.75, 3.05) is 19.0 Å². The third kappa shape index (κ3) is 7.51. The fraction of sp³-hybridized carbons (Fsp3) is 0.429. The SMILES string of the molecule is CCOC(=O)c1c(/N=C(/Nc2ccc(Cl)cc2)N(C2CCCCC2)C2CCCCC2)sc2c1CC(c1ccccc1)N(C)C2c1ccccc1. The molecule has 4 aromatic rings. The summed E-state index contributed by atoms with van der Waals surface area (Å²) in [5.41, 5.74) is 5.05. The molecule has 8 heteroatoms. The van der Waals surface area contributed by atoms with E-state index in [2.05, 4.69) is 82.8 Å². The number of carbonyl (C=O) groups excluding carboxylic acids is 1. The van der Waals surface area contributed by atoms with Crippen molar-refractivity contribution in [3.05, 3.63) is 117 Å². The van der Waals surface area contributed by atoms with Crippen LogP contribution in [0.15, 0.2) is 89.9 Å². The molecule has 0 spiro atoms. The van der Waals surface area contributed by atoms with E-state index >= 15 is 0 Å². The van der Waals surface area contributed by atoms with Crippen molar-refractivity contribution >= 4 is 45.6 Å². The van der Waals surface area contributed by atoms with Gasteiger partial charge in [0.15, 0.2) is 0 Å². The third-order valence-electron chi connectivity index (χ3n) is 10.8. The Hall–Kier alpha value is -3.65. The van der Waals surface area contributed by atoms with Crippen molar-refractivity contribution in [3.8, 4) is 0 Å². The van der Waals surface area contributed by atoms with Crippen LogP contribution in [-0.2, 0) is 11.2 Å². The molecule has 2 atom stereocenters. The molecule has 0 saturated heterocycles. The molecule has 0 radical (unpaired) electrons. The molecule has 2 fully saturated rings. The van der Waals surface area contributed by atoms with Crippen LogP contribution in [0.5, 0.6) is 0 Å². The van der Waals surface area contributed by atoms with Crippen LogP contribution in [-0.4, -0.2) is 47.5 Å². The maximum Gasteiger partial charge on any atom is 0.341 e. The Balaban J connectivity index is 1.42. The summed E-state index contributed by atoms with van der Waals surface area (Å²) in [5, 5.41) is 5.20. The molecule has 3 aliphatic rings. The van der Waals surface area contributed by atoms with E-state index in [1.165, 1.54) is 54.5 Å². The minimum Gasteiger partial charge on any atom is -0.462 e. The van der Waals surface area contributed by atoms with Crippen molar-refractivity contribution in [3.63, 3.8) is 0 Å². The number of ether oxygens (including phenoxy) is 1. The number of fused-ring (bicyclic) bond motifs is 1. The Morgan fingerprint density at radius 3 is 2.02 bits per heavy atom. The van der Waals surface area contributed by atoms with Crippen molar-refractivity contribution < 1.29 is 9.53 Å². The van der Waals surface area contributed by atoms with Gasteiger partial charge in [-0.1, -0.05) is 111 Å². The summed E-state index contributed by atoms with van der Waals surface area (Å²) in [7, 11) is 2.21. The van der Waals surface area contributed by atoms with Gasteiger partial charge in [0.05, 0.1) is 12.6 Å². The molecule has 0 amide bonds. The van der Waals surface area contributed by atoms with Crippen LogP contribution in [0.25, 0.3) is 0 Å². The van der Waals surface area contributed by atoms with E-state index < -0.39 is 0 Å². The van der Waals surface area contributed by atoms with E-state index in [0.29, 0.717) is 35.7 Å². The van der Waals surface area contributed by atoms with Crippen LogP contribution < -0.4 is 5.32 Å². The van der Waals surface area contributed by atoms with Crippen molar-refractivity contribution in [2.45, 2.75) is 102 Å². The summed E-state index contributed by atoms with van der Waals surface area (Å²) >= 11 is 7.99. The molecule has 7 rings (SSSR count). The van der Waals surface area contributed by atoms with Crippen molar-refractivity contribution in [1.82, 2.24) is 9.80 Å². The minimum absolute atomic E-state index is 0.0345. The summed E-state index contributed by atoms with van der Waals surface area (Å²) in [4.78, 5) is 26.0. The normalized spacial score (nSPS) is 20.7. The van der Waals surface area contributed by atoms with Crippen molar-refractivity contribution in [1.29, 1.82) is 0 Å². The van der Waals surface area contributed by atoms with Crippen LogP contribution in [0, 0.1) is 0 Å². The number of hydrogen-bond donors (Lipinski definition) is 1. The minimum atomic E-state index is -0.292. The van der Waals surface area contributed by atoms with Crippen LogP contribution >= 0.6 is 22.9 Å². The highest BCUT2D eigenvalue weighted by Crippen LogP contribution is 2.51. The second kappa shape index (κ2) is 16.1. The monoisotopic (exact) mass is 708 g/mol. The smallest absolute Gasteiger partial charge is 0.341 e. The highest BCUT2D eigenvalue weighted by molar-refractivity contribution is 7.16. The Morgan fingerprint density at radius 1 is 0.860 bits per heavy atom. The van der Waals surface area contributed by atoms with Gasteiger partial charge >= 0.3 is 5.97 Å². The quantitative estimate of drug-likeness (QED) is 0.112. The number of anilines is 1. The maximum atomic E-state index is 14.2. The molecule has 2 aliphatic carbocycles. The molecule has 262 valence electrons. The molecular weight excluding hydrogens is 660 g/mol. The number of rotatable bonds is 8. The first kappa shape index (κ1) is 34.8. The zero-order chi connectivity index (χ0) is 34.5. The number of guanidine groups is 1. The van der Waals surface area contributed by atoms with E-state index in [1.807, 2.05) is 31.2 Å². The predicted octanol–water partition coefficient (Wildman–Crippen LogP) is 11.0. The lowest BCUT2D eigenvalue weighted by molar-refractivity contribution is 0.0525. The second-order valence-electron chi connectivity index (χ2n) is 14.0. The summed E-state index contributed by atoms with van der Waals surface area (Å²) in [6, 6.07) is 30.1. The zero-order valence-electron chi connectivity index (χ0n) is 29.3. The van der Waals surface area contributed by atoms with Gasteiger partial charge < -0.3 is 15.0 Å². The van der Waals surface area contributed by atoms with Gasteiger partial charge in [0.1, 0.15) is 10.6 Å². The van der Waals surface area contributed by atoms with E-state index in [-0.39, 0.29) is 18.1 Å². The average molecular weight is 709 g/mol. The predicted molar refractivity (Wildman–Crippen MR) is 207 cm³/mol. The number of aliphatic imine (C=N–C) groups is 1. The molecule has 2 saturated carbocycles. The summed E-state index contributed by atoms with van der Waals surface area (Å²) in [6.45, 7) is 2.19. The summed E-state index contributed by atoms with van der Waals surface area (Å²) in [5.74, 6) is 0.541. The molecule has 3 aromatic carbocycles. The lowest BCUT2D eigenvalue weighted by Crippen LogP contribution is -2.51. The molecule has 0 bridgehead atoms. The topological polar surface area (TPSA) is 57.2 Å². The fourth-order valence-electron chi connectivity index (χ4n) is 8.41. The number of halogens is 1. The number of nitrogens with one attached hydrogen (secondary N) is 1. The molecule has 6 nitrogen and oxygen atoms in total. The van der Waals surface area contributed by atoms with Crippen LogP contribution in [0.1, 0.15) is 115 Å². The van der Waals surface area contributed by atoms with Crippen molar-refractivity contribution in [2.24, 2.45) is 4.99 Å². The molecule has 2 heterocycles. The largest absolute Gasteiger partial charge is 0.462 e. The van der Waals surface area contributed by atoms with E-state index in [0.717, 1.165) is 47.9 Å². The Kier molecular flexibility index (Phi) is 11.2. The molecule has 50 heavy (non-hydrogen) atoms. The van der Waals surface area contributed by atoms with E-state index in [1.54, 1.807) is 11.3 Å². The summed E-state index contributed by atoms with van der Waals surface area (Å²) in [6.07, 6.45) is 12.8. The van der Waals surface area contributed by atoms with Crippen LogP contribution in [0.2, 0.25) is 5.02 Å². The van der Waals surface area contributed by atoms with Gasteiger partial charge in [-0.05, 0) is 87.0 Å². The first-order valence-corrected chi connectivity index (χ1v) is 19.8. The van der Waals surface area contributed by atoms with Crippen LogP contribution in [0.4, 0.5) is 10.7 Å². The number of carbonyl (C=O) groups is 1. The van der Waals surface area contributed by atoms with Crippen LogP contribution in [0.3, 0.4) is 0 Å². The highest BCUT2D eigenvalue weighted by atomic mass is 35.5. The van der Waals surface area contributed by atoms with Gasteiger partial charge in [0.25, 0.3) is 0 Å². The molecule has 2 unspecified atom stereocenters. The lowest BCUT2D eigenvalue weighted by Gasteiger charge is -2.43. The average Bonchev–Trinajstić information content (AvgIpc) is 3.51. The Morgan fingerprint density at radius 2 is 1.44 bits per heavy atom. The Labute approximate surface area is 306 Å². The highest BCUT2D eigenvalue weighted by Gasteiger charge is 2.40. The van der Waals surface area contributed by atoms with Gasteiger partial charge in [-0.25, -0.2) is 9.79 Å². The molecule has 1 aliphatic heterocycles. The number of benzene rings is 3. The van der Waals surface area contributed by atoms with Gasteiger partial charge in [-0.15, -0.1) is 11.3 Å². The first-order chi connectivity index (χ1) is 24.5. The number of hydrogen-bond acceptors (Lipinski definition) is 5. The molecule has 1 N–H and O–H groups in total. The number of nitrogens with zero attached hydrogens (tertiary/aromatic N) is 3. The first-order valence-electron chi connectivity index (χ1n) is 18.6. The Bertz CT molecular complexity index is 1730. The number of esters is 1. The van der Waals surface area contributed by atoms with E-state index in [4.69, 9.17) is 21.3 Å². The van der Waals surface area contributed by atoms with Gasteiger partial charge in [-0.2, -0.15) is 0 Å². The third-order valence-corrected chi connectivity index (χ3v) is 12.3. The van der Waals surface area contributed by atoms with Gasteiger partial charge in [0, 0.05) is 33.7 Å². The second-order valence-corrected chi connectivity index (χ2v) is 15.5. The summed E-state index contributed by atoms with van der Waals surface area (Å²) < 4.78 is 5.84. The number of likely N-dealkylation sites (N-methyl/N-ethyl adjacent to an activating group) is 1. The molecule has 1 aromatic heterocycles. The molecular formula is C42H49ClN4O2S. The zero-order valence-corrected chi connectivity index (χ0v) is 30.9.